The second-order valence-corrected chi connectivity index (χ2v) is 6.88. The number of hydrogen-bond donors (Lipinski definition) is 2. The van der Waals surface area contributed by atoms with Crippen LogP contribution in [0.3, 0.4) is 0 Å². The fourth-order valence-electron chi connectivity index (χ4n) is 2.73. The largest absolute Gasteiger partial charge is 0.482 e. The molecule has 9 heteroatoms. The predicted molar refractivity (Wildman–Crippen MR) is 100 cm³/mol. The highest BCUT2D eigenvalue weighted by molar-refractivity contribution is 7.14. The highest BCUT2D eigenvalue weighted by Gasteiger charge is 2.18. The van der Waals surface area contributed by atoms with E-state index in [1.165, 1.54) is 23.5 Å². The lowest BCUT2D eigenvalue weighted by Crippen LogP contribution is -2.25. The van der Waals surface area contributed by atoms with Gasteiger partial charge in [0.2, 0.25) is 5.91 Å². The number of ether oxygens (including phenoxy) is 1. The van der Waals surface area contributed by atoms with Crippen LogP contribution in [0.2, 0.25) is 0 Å². The summed E-state index contributed by atoms with van der Waals surface area (Å²) in [6, 6.07) is 8.95. The van der Waals surface area contributed by atoms with E-state index < -0.39 is 17.5 Å². The van der Waals surface area contributed by atoms with Gasteiger partial charge in [-0.1, -0.05) is 12.1 Å². The molecule has 3 aromatic rings. The van der Waals surface area contributed by atoms with Gasteiger partial charge in [0.05, 0.1) is 17.8 Å². The van der Waals surface area contributed by atoms with Crippen molar-refractivity contribution in [3.63, 3.8) is 0 Å². The minimum Gasteiger partial charge on any atom is -0.482 e. The Kier molecular flexibility index (Phi) is 4.74. The third kappa shape index (κ3) is 3.70. The SMILES string of the molecule is O=C(Cc1cccc(F)c1F)Nc1nc(-c2ccc3c(c2)NC(=O)CO3)cs1. The van der Waals surface area contributed by atoms with Crippen LogP contribution in [0.25, 0.3) is 11.3 Å². The summed E-state index contributed by atoms with van der Waals surface area (Å²) in [5, 5.41) is 7.37. The molecule has 2 N–H and O–H groups in total. The normalized spacial score (nSPS) is 12.7. The molecule has 4 rings (SSSR count). The predicted octanol–water partition coefficient (Wildman–Crippen LogP) is 3.60. The molecule has 0 bridgehead atoms. The first-order chi connectivity index (χ1) is 13.5. The molecule has 142 valence electrons. The zero-order valence-corrected chi connectivity index (χ0v) is 15.1. The number of carbonyl (C=O) groups excluding carboxylic acids is 2. The number of benzene rings is 2. The molecule has 2 heterocycles. The number of nitrogens with zero attached hydrogens (tertiary/aromatic N) is 1. The summed E-state index contributed by atoms with van der Waals surface area (Å²) < 4.78 is 32.2. The number of carbonyl (C=O) groups is 2. The van der Waals surface area contributed by atoms with E-state index in [1.54, 1.807) is 23.6 Å². The molecule has 1 aliphatic heterocycles. The summed E-state index contributed by atoms with van der Waals surface area (Å²) in [6.45, 7) is -0.0227. The molecule has 0 fully saturated rings. The van der Waals surface area contributed by atoms with E-state index in [9.17, 15) is 18.4 Å². The Morgan fingerprint density at radius 2 is 2.14 bits per heavy atom. The van der Waals surface area contributed by atoms with E-state index in [4.69, 9.17) is 4.74 Å². The van der Waals surface area contributed by atoms with Crippen molar-refractivity contribution in [1.82, 2.24) is 4.98 Å². The van der Waals surface area contributed by atoms with Crippen molar-refractivity contribution in [2.75, 3.05) is 17.2 Å². The molecule has 0 unspecified atom stereocenters. The van der Waals surface area contributed by atoms with Crippen LogP contribution in [0.4, 0.5) is 19.6 Å². The van der Waals surface area contributed by atoms with Crippen molar-refractivity contribution in [2.45, 2.75) is 6.42 Å². The van der Waals surface area contributed by atoms with Crippen LogP contribution >= 0.6 is 11.3 Å². The van der Waals surface area contributed by atoms with Crippen LogP contribution in [0.1, 0.15) is 5.56 Å². The molecule has 0 atom stereocenters. The number of anilines is 2. The number of fused-ring (bicyclic) bond motifs is 1. The maximum absolute atomic E-state index is 13.7. The van der Waals surface area contributed by atoms with Gasteiger partial charge in [0.15, 0.2) is 23.4 Å². The van der Waals surface area contributed by atoms with Crippen molar-refractivity contribution >= 4 is 34.0 Å². The molecule has 2 aromatic carbocycles. The lowest BCUT2D eigenvalue weighted by Gasteiger charge is -2.18. The smallest absolute Gasteiger partial charge is 0.262 e. The van der Waals surface area contributed by atoms with Gasteiger partial charge in [-0.2, -0.15) is 0 Å². The Hall–Kier alpha value is -3.33. The average molecular weight is 401 g/mol. The van der Waals surface area contributed by atoms with Crippen LogP contribution in [0.5, 0.6) is 5.75 Å². The zero-order valence-electron chi connectivity index (χ0n) is 14.3. The van der Waals surface area contributed by atoms with Gasteiger partial charge in [-0.05, 0) is 24.3 Å². The van der Waals surface area contributed by atoms with Gasteiger partial charge in [-0.25, -0.2) is 13.8 Å². The Bertz CT molecular complexity index is 1080. The van der Waals surface area contributed by atoms with Gasteiger partial charge in [0.1, 0.15) is 5.75 Å². The highest BCUT2D eigenvalue weighted by atomic mass is 32.1. The Morgan fingerprint density at radius 3 is 3.00 bits per heavy atom. The molecule has 2 amide bonds. The molecule has 1 aromatic heterocycles. The Morgan fingerprint density at radius 1 is 1.29 bits per heavy atom. The minimum absolute atomic E-state index is 0.0227. The van der Waals surface area contributed by atoms with Gasteiger partial charge in [-0.15, -0.1) is 11.3 Å². The summed E-state index contributed by atoms with van der Waals surface area (Å²) in [7, 11) is 0. The molecule has 0 spiro atoms. The number of halogens is 2. The van der Waals surface area contributed by atoms with E-state index in [0.29, 0.717) is 22.3 Å². The monoisotopic (exact) mass is 401 g/mol. The molecule has 6 nitrogen and oxygen atoms in total. The summed E-state index contributed by atoms with van der Waals surface area (Å²) in [5.41, 5.74) is 1.85. The molecule has 0 saturated heterocycles. The molecular weight excluding hydrogens is 388 g/mol. The molecule has 28 heavy (non-hydrogen) atoms. The fraction of sp³-hybridized carbons (Fsp3) is 0.105. The third-order valence-electron chi connectivity index (χ3n) is 4.04. The van der Waals surface area contributed by atoms with Crippen LogP contribution in [-0.4, -0.2) is 23.4 Å². The number of hydrogen-bond acceptors (Lipinski definition) is 5. The molecular formula is C19H13F2N3O3S. The third-order valence-corrected chi connectivity index (χ3v) is 4.80. The second-order valence-electron chi connectivity index (χ2n) is 6.02. The van der Waals surface area contributed by atoms with Crippen LogP contribution in [0, 0.1) is 11.6 Å². The topological polar surface area (TPSA) is 80.3 Å². The first-order valence-electron chi connectivity index (χ1n) is 8.25. The minimum atomic E-state index is -1.03. The van der Waals surface area contributed by atoms with Gasteiger partial charge in [0, 0.05) is 16.5 Å². The van der Waals surface area contributed by atoms with E-state index in [0.717, 1.165) is 11.6 Å². The van der Waals surface area contributed by atoms with Crippen molar-refractivity contribution in [3.8, 4) is 17.0 Å². The Balaban J connectivity index is 1.47. The summed E-state index contributed by atoms with van der Waals surface area (Å²) in [6.07, 6.45) is -0.305. The highest BCUT2D eigenvalue weighted by Crippen LogP contribution is 2.33. The van der Waals surface area contributed by atoms with Gasteiger partial charge in [-0.3, -0.25) is 9.59 Å². The van der Waals surface area contributed by atoms with Crippen LogP contribution in [0.15, 0.2) is 41.8 Å². The molecule has 1 aliphatic rings. The van der Waals surface area contributed by atoms with Crippen molar-refractivity contribution in [1.29, 1.82) is 0 Å². The van der Waals surface area contributed by atoms with Gasteiger partial charge in [0.25, 0.3) is 5.91 Å². The molecule has 0 saturated carbocycles. The van der Waals surface area contributed by atoms with E-state index in [2.05, 4.69) is 15.6 Å². The van der Waals surface area contributed by atoms with Crippen LogP contribution in [-0.2, 0) is 16.0 Å². The molecule has 0 aliphatic carbocycles. The standard InChI is InChI=1S/C19H13F2N3O3S/c20-12-3-1-2-11(18(12)21)7-16(25)24-19-23-14(9-28-19)10-4-5-15-13(6-10)22-17(26)8-27-15/h1-6,9H,7-8H2,(H,22,26)(H,23,24,25). The van der Waals surface area contributed by atoms with E-state index in [1.807, 2.05) is 0 Å². The van der Waals surface area contributed by atoms with Crippen molar-refractivity contribution in [3.05, 3.63) is 59.0 Å². The number of nitrogens with one attached hydrogen (secondary N) is 2. The van der Waals surface area contributed by atoms with Crippen molar-refractivity contribution < 1.29 is 23.1 Å². The fourth-order valence-corrected chi connectivity index (χ4v) is 3.46. The number of amides is 2. The van der Waals surface area contributed by atoms with E-state index >= 15 is 0 Å². The van der Waals surface area contributed by atoms with Crippen molar-refractivity contribution in [2.24, 2.45) is 0 Å². The first kappa shape index (κ1) is 18.1. The zero-order chi connectivity index (χ0) is 19.7. The first-order valence-corrected chi connectivity index (χ1v) is 9.13. The molecule has 0 radical (unpaired) electrons. The lowest BCUT2D eigenvalue weighted by atomic mass is 10.1. The number of rotatable bonds is 4. The summed E-state index contributed by atoms with van der Waals surface area (Å²) >= 11 is 1.20. The Labute approximate surface area is 162 Å². The average Bonchev–Trinajstić information content (AvgIpc) is 3.13. The van der Waals surface area contributed by atoms with Crippen LogP contribution < -0.4 is 15.4 Å². The number of aromatic nitrogens is 1. The maximum Gasteiger partial charge on any atom is 0.262 e. The quantitative estimate of drug-likeness (QED) is 0.700. The summed E-state index contributed by atoms with van der Waals surface area (Å²) in [4.78, 5) is 27.9. The van der Waals surface area contributed by atoms with Gasteiger partial charge >= 0.3 is 0 Å². The van der Waals surface area contributed by atoms with E-state index in [-0.39, 0.29) is 24.5 Å². The van der Waals surface area contributed by atoms with Gasteiger partial charge < -0.3 is 15.4 Å². The number of thiazole rings is 1. The second kappa shape index (κ2) is 7.35. The lowest BCUT2D eigenvalue weighted by molar-refractivity contribution is -0.118. The summed E-state index contributed by atoms with van der Waals surface area (Å²) in [5.74, 6) is -2.19. The maximum atomic E-state index is 13.7.